The molecule has 0 aromatic rings. The molecular weight excluding hydrogens is 184 g/mol. The van der Waals surface area contributed by atoms with Crippen LogP contribution in [0.15, 0.2) is 24.0 Å². The van der Waals surface area contributed by atoms with Gasteiger partial charge in [0, 0.05) is 0 Å². The van der Waals surface area contributed by atoms with Crippen LogP contribution in [0.3, 0.4) is 0 Å². The van der Waals surface area contributed by atoms with E-state index in [1.807, 2.05) is 0 Å². The summed E-state index contributed by atoms with van der Waals surface area (Å²) < 4.78 is 4.71. The van der Waals surface area contributed by atoms with Crippen LogP contribution in [0.5, 0.6) is 0 Å². The third kappa shape index (κ3) is 2.26. The Morgan fingerprint density at radius 2 is 2.50 bits per heavy atom. The van der Waals surface area contributed by atoms with Crippen LogP contribution in [0.1, 0.15) is 13.3 Å². The number of hydrogen-bond acceptors (Lipinski definition) is 5. The Hall–Kier alpha value is -1.49. The summed E-state index contributed by atoms with van der Waals surface area (Å²) in [7, 11) is 0. The van der Waals surface area contributed by atoms with Crippen molar-refractivity contribution in [3.05, 3.63) is 24.0 Å². The van der Waals surface area contributed by atoms with Gasteiger partial charge in [-0.1, -0.05) is 0 Å². The zero-order valence-electron chi connectivity index (χ0n) is 7.99. The number of carbonyl (C=O) groups excluding carboxylic acids is 1. The summed E-state index contributed by atoms with van der Waals surface area (Å²) in [5.41, 5.74) is 4.24. The monoisotopic (exact) mass is 198 g/mol. The molecule has 1 heterocycles. The molecule has 0 radical (unpaired) electrons. The molecular formula is C9H14N2O3. The molecule has 1 aliphatic rings. The van der Waals surface area contributed by atoms with Gasteiger partial charge in [-0.25, -0.2) is 0 Å². The van der Waals surface area contributed by atoms with Crippen molar-refractivity contribution < 1.29 is 14.6 Å². The summed E-state index contributed by atoms with van der Waals surface area (Å²) in [5, 5.41) is 12.5. The van der Waals surface area contributed by atoms with E-state index in [9.17, 15) is 9.90 Å². The number of carbonyl (C=O) groups is 1. The molecule has 0 bridgehead atoms. The van der Waals surface area contributed by atoms with Gasteiger partial charge in [-0.3, -0.25) is 4.79 Å². The number of nitrogens with two attached hydrogens (primary N) is 1. The highest BCUT2D eigenvalue weighted by atomic mass is 16.5. The van der Waals surface area contributed by atoms with Crippen LogP contribution in [-0.4, -0.2) is 23.4 Å². The molecule has 5 nitrogen and oxygen atoms in total. The Labute approximate surface area is 82.2 Å². The van der Waals surface area contributed by atoms with Crippen LogP contribution in [0, 0.1) is 0 Å². The summed E-state index contributed by atoms with van der Waals surface area (Å²) in [6, 6.07) is 0. The second kappa shape index (κ2) is 4.15. The maximum absolute atomic E-state index is 11.1. The summed E-state index contributed by atoms with van der Waals surface area (Å²) in [5.74, 6) is -0.492. The van der Waals surface area contributed by atoms with Crippen molar-refractivity contribution in [2.24, 2.45) is 5.73 Å². The summed E-state index contributed by atoms with van der Waals surface area (Å²) in [6.45, 7) is 1.99. The molecule has 0 aromatic heterocycles. The molecule has 0 aromatic carbocycles. The molecule has 0 aliphatic carbocycles. The van der Waals surface area contributed by atoms with Crippen LogP contribution in [0.4, 0.5) is 0 Å². The first-order chi connectivity index (χ1) is 6.58. The van der Waals surface area contributed by atoms with Crippen molar-refractivity contribution in [1.82, 2.24) is 5.32 Å². The largest absolute Gasteiger partial charge is 0.466 e. The van der Waals surface area contributed by atoms with Gasteiger partial charge in [0.2, 0.25) is 0 Å². The van der Waals surface area contributed by atoms with Gasteiger partial charge in [0.05, 0.1) is 18.7 Å². The normalized spacial score (nSPS) is 25.1. The van der Waals surface area contributed by atoms with Crippen LogP contribution in [-0.2, 0) is 9.53 Å². The number of rotatable bonds is 3. The molecule has 0 saturated carbocycles. The van der Waals surface area contributed by atoms with E-state index in [0.717, 1.165) is 0 Å². The molecule has 1 rings (SSSR count). The van der Waals surface area contributed by atoms with Gasteiger partial charge in [-0.05, 0) is 25.3 Å². The lowest BCUT2D eigenvalue weighted by atomic mass is 10.0. The van der Waals surface area contributed by atoms with E-state index in [0.29, 0.717) is 0 Å². The van der Waals surface area contributed by atoms with E-state index in [1.165, 1.54) is 12.3 Å². The highest BCUT2D eigenvalue weighted by Gasteiger charge is 2.33. The molecule has 78 valence electrons. The number of aliphatic hydroxyl groups is 1. The first-order valence-electron chi connectivity index (χ1n) is 4.37. The average molecular weight is 198 g/mol. The third-order valence-corrected chi connectivity index (χ3v) is 1.88. The second-order valence-corrected chi connectivity index (χ2v) is 2.97. The lowest BCUT2D eigenvalue weighted by Gasteiger charge is -2.29. The van der Waals surface area contributed by atoms with Gasteiger partial charge in [0.15, 0.2) is 5.72 Å². The number of esters is 1. The van der Waals surface area contributed by atoms with Gasteiger partial charge in [0.1, 0.15) is 0 Å². The topological polar surface area (TPSA) is 84.6 Å². The van der Waals surface area contributed by atoms with Crippen molar-refractivity contribution >= 4 is 5.97 Å². The molecule has 0 fully saturated rings. The first-order valence-corrected chi connectivity index (χ1v) is 4.37. The zero-order valence-corrected chi connectivity index (χ0v) is 7.99. The molecule has 14 heavy (non-hydrogen) atoms. The Balaban J connectivity index is 2.62. The number of allylic oxidation sites excluding steroid dienone is 2. The van der Waals surface area contributed by atoms with Gasteiger partial charge in [-0.15, -0.1) is 0 Å². The van der Waals surface area contributed by atoms with E-state index < -0.39 is 11.7 Å². The molecule has 1 unspecified atom stereocenters. The fourth-order valence-electron chi connectivity index (χ4n) is 1.13. The van der Waals surface area contributed by atoms with Gasteiger partial charge in [0.25, 0.3) is 0 Å². The quantitative estimate of drug-likeness (QED) is 0.537. The van der Waals surface area contributed by atoms with Gasteiger partial charge in [-0.2, -0.15) is 0 Å². The number of hydrogen-bond donors (Lipinski definition) is 3. The number of ether oxygens (including phenoxy) is 1. The van der Waals surface area contributed by atoms with Crippen molar-refractivity contribution in [2.75, 3.05) is 6.61 Å². The molecule has 1 aliphatic heterocycles. The van der Waals surface area contributed by atoms with Crippen molar-refractivity contribution in [3.63, 3.8) is 0 Å². The molecule has 1 atom stereocenters. The molecule has 0 amide bonds. The van der Waals surface area contributed by atoms with Crippen molar-refractivity contribution in [1.29, 1.82) is 0 Å². The minimum Gasteiger partial charge on any atom is -0.466 e. The fourth-order valence-corrected chi connectivity index (χ4v) is 1.13. The molecule has 4 N–H and O–H groups in total. The van der Waals surface area contributed by atoms with E-state index in [-0.39, 0.29) is 18.7 Å². The lowest BCUT2D eigenvalue weighted by Crippen LogP contribution is -2.49. The average Bonchev–Trinajstić information content (AvgIpc) is 2.10. The predicted octanol–water partition coefficient (Wildman–Crippen LogP) is -0.412. The Kier molecular flexibility index (Phi) is 3.14. The minimum atomic E-state index is -1.51. The fraction of sp³-hybridized carbons (Fsp3) is 0.444. The van der Waals surface area contributed by atoms with Crippen molar-refractivity contribution in [3.8, 4) is 0 Å². The maximum Gasteiger partial charge on any atom is 0.311 e. The Morgan fingerprint density at radius 1 is 1.79 bits per heavy atom. The lowest BCUT2D eigenvalue weighted by molar-refractivity contribution is -0.148. The predicted molar refractivity (Wildman–Crippen MR) is 50.7 cm³/mol. The smallest absolute Gasteiger partial charge is 0.311 e. The minimum absolute atomic E-state index is 0.201. The van der Waals surface area contributed by atoms with E-state index in [2.05, 4.69) is 5.32 Å². The van der Waals surface area contributed by atoms with Gasteiger partial charge < -0.3 is 20.9 Å². The summed E-state index contributed by atoms with van der Waals surface area (Å²) in [4.78, 5) is 11.1. The van der Waals surface area contributed by atoms with E-state index in [4.69, 9.17) is 10.5 Å². The van der Waals surface area contributed by atoms with Crippen LogP contribution >= 0.6 is 0 Å². The highest BCUT2D eigenvalue weighted by Crippen LogP contribution is 2.17. The standard InChI is InChI=1S/C9H14N2O3/c1-2-14-8(12)6-9(13)7(10)4-3-5-11-9/h3-5,11,13H,2,6,10H2,1H3. The Morgan fingerprint density at radius 3 is 3.07 bits per heavy atom. The van der Waals surface area contributed by atoms with E-state index in [1.54, 1.807) is 13.0 Å². The Bertz CT molecular complexity index is 286. The third-order valence-electron chi connectivity index (χ3n) is 1.88. The van der Waals surface area contributed by atoms with Crippen LogP contribution in [0.2, 0.25) is 0 Å². The summed E-state index contributed by atoms with van der Waals surface area (Å²) in [6.07, 6.45) is 4.51. The highest BCUT2D eigenvalue weighted by molar-refractivity contribution is 5.71. The summed E-state index contributed by atoms with van der Waals surface area (Å²) >= 11 is 0. The molecule has 0 spiro atoms. The van der Waals surface area contributed by atoms with Gasteiger partial charge >= 0.3 is 5.97 Å². The van der Waals surface area contributed by atoms with Crippen molar-refractivity contribution in [2.45, 2.75) is 19.1 Å². The van der Waals surface area contributed by atoms with Crippen LogP contribution < -0.4 is 11.1 Å². The van der Waals surface area contributed by atoms with E-state index >= 15 is 0 Å². The molecule has 5 heteroatoms. The second-order valence-electron chi connectivity index (χ2n) is 2.97. The first kappa shape index (κ1) is 10.6. The number of dihydropyridines is 1. The zero-order chi connectivity index (χ0) is 10.6. The van der Waals surface area contributed by atoms with Crippen LogP contribution in [0.25, 0.3) is 0 Å². The number of nitrogens with one attached hydrogen (secondary N) is 1. The SMILES string of the molecule is CCOC(=O)CC1(O)NC=CC=C1N. The molecule has 0 saturated heterocycles. The maximum atomic E-state index is 11.1.